The number of carbonyl (C=O) groups is 2. The number of hydrogen-bond donors (Lipinski definition) is 1. The van der Waals surface area contributed by atoms with Crippen LogP contribution in [-0.4, -0.2) is 11.8 Å². The zero-order chi connectivity index (χ0) is 12.8. The topological polar surface area (TPSA) is 46.2 Å². The van der Waals surface area contributed by atoms with Crippen molar-refractivity contribution in [1.82, 2.24) is 5.32 Å². The van der Waals surface area contributed by atoms with Crippen LogP contribution in [0.4, 0.5) is 0 Å². The number of carbonyl (C=O) groups excluding carboxylic acids is 2. The van der Waals surface area contributed by atoms with E-state index in [4.69, 9.17) is 0 Å². The molecule has 2 rings (SSSR count). The molecule has 18 heavy (non-hydrogen) atoms. The Morgan fingerprint density at radius 2 is 1.83 bits per heavy atom. The average Bonchev–Trinajstić information content (AvgIpc) is 2.91. The first-order chi connectivity index (χ1) is 8.75. The summed E-state index contributed by atoms with van der Waals surface area (Å²) in [5.74, 6) is -0.787. The van der Waals surface area contributed by atoms with Gasteiger partial charge in [0.15, 0.2) is 0 Å². The van der Waals surface area contributed by atoms with Crippen molar-refractivity contribution in [1.29, 1.82) is 0 Å². The third-order valence-electron chi connectivity index (χ3n) is 2.21. The smallest absolute Gasteiger partial charge is 0.268 e. The van der Waals surface area contributed by atoms with Crippen LogP contribution >= 0.6 is 11.3 Å². The van der Waals surface area contributed by atoms with Gasteiger partial charge in [0.25, 0.3) is 11.8 Å². The van der Waals surface area contributed by atoms with Gasteiger partial charge in [-0.15, -0.1) is 11.3 Å². The van der Waals surface area contributed by atoms with Gasteiger partial charge in [0.2, 0.25) is 0 Å². The highest BCUT2D eigenvalue weighted by molar-refractivity contribution is 7.12. The lowest BCUT2D eigenvalue weighted by molar-refractivity contribution is -0.115. The van der Waals surface area contributed by atoms with Crippen molar-refractivity contribution in [3.8, 4) is 0 Å². The largest absolute Gasteiger partial charge is 0.288 e. The highest BCUT2D eigenvalue weighted by Crippen LogP contribution is 2.07. The number of nitrogens with one attached hydrogen (secondary N) is 1. The van der Waals surface area contributed by atoms with E-state index in [0.717, 1.165) is 5.56 Å². The number of imide groups is 1. The molecule has 0 saturated heterocycles. The number of amides is 2. The Kier molecular flexibility index (Phi) is 4.04. The number of hydrogen-bond acceptors (Lipinski definition) is 3. The van der Waals surface area contributed by atoms with Gasteiger partial charge in [0.1, 0.15) is 0 Å². The predicted molar refractivity (Wildman–Crippen MR) is 72.3 cm³/mol. The molecule has 1 aromatic heterocycles. The van der Waals surface area contributed by atoms with Gasteiger partial charge in [0.05, 0.1) is 4.88 Å². The summed E-state index contributed by atoms with van der Waals surface area (Å²) in [5, 5.41) is 4.09. The maximum atomic E-state index is 11.6. The molecule has 2 aromatic rings. The second-order valence-corrected chi connectivity index (χ2v) is 4.49. The molecule has 3 nitrogen and oxygen atoms in total. The van der Waals surface area contributed by atoms with Crippen molar-refractivity contribution in [3.63, 3.8) is 0 Å². The van der Waals surface area contributed by atoms with E-state index in [2.05, 4.69) is 5.32 Å². The molecule has 0 aliphatic rings. The van der Waals surface area contributed by atoms with E-state index in [9.17, 15) is 9.59 Å². The molecular weight excluding hydrogens is 246 g/mol. The highest BCUT2D eigenvalue weighted by Gasteiger charge is 2.08. The molecule has 0 spiro atoms. The third-order valence-corrected chi connectivity index (χ3v) is 3.08. The Hall–Kier alpha value is -2.20. The van der Waals surface area contributed by atoms with E-state index < -0.39 is 5.91 Å². The molecule has 0 atom stereocenters. The van der Waals surface area contributed by atoms with Gasteiger partial charge in [0, 0.05) is 6.08 Å². The maximum Gasteiger partial charge on any atom is 0.268 e. The van der Waals surface area contributed by atoms with Crippen LogP contribution in [0.1, 0.15) is 15.2 Å². The van der Waals surface area contributed by atoms with E-state index in [1.54, 1.807) is 23.6 Å². The lowest BCUT2D eigenvalue weighted by atomic mass is 10.2. The monoisotopic (exact) mass is 257 g/mol. The van der Waals surface area contributed by atoms with E-state index in [0.29, 0.717) is 4.88 Å². The Balaban J connectivity index is 1.93. The van der Waals surface area contributed by atoms with E-state index >= 15 is 0 Å². The Morgan fingerprint density at radius 3 is 2.50 bits per heavy atom. The van der Waals surface area contributed by atoms with Crippen molar-refractivity contribution in [2.24, 2.45) is 0 Å². The molecule has 1 N–H and O–H groups in total. The van der Waals surface area contributed by atoms with Crippen molar-refractivity contribution in [2.75, 3.05) is 0 Å². The molecule has 0 aliphatic heterocycles. The van der Waals surface area contributed by atoms with Crippen LogP contribution in [0.15, 0.2) is 53.9 Å². The molecule has 0 unspecified atom stereocenters. The van der Waals surface area contributed by atoms with Crippen molar-refractivity contribution < 1.29 is 9.59 Å². The first kappa shape index (κ1) is 12.3. The summed E-state index contributed by atoms with van der Waals surface area (Å²) < 4.78 is 0. The van der Waals surface area contributed by atoms with Gasteiger partial charge in [-0.05, 0) is 23.1 Å². The van der Waals surface area contributed by atoms with Crippen LogP contribution in [0.5, 0.6) is 0 Å². The molecular formula is C14H11NO2S. The fraction of sp³-hybridized carbons (Fsp3) is 0. The molecule has 2 amide bonds. The van der Waals surface area contributed by atoms with Gasteiger partial charge < -0.3 is 0 Å². The highest BCUT2D eigenvalue weighted by atomic mass is 32.1. The van der Waals surface area contributed by atoms with Crippen LogP contribution in [0.3, 0.4) is 0 Å². The lowest BCUT2D eigenvalue weighted by Gasteiger charge is -1.97. The Labute approximate surface area is 109 Å². The summed E-state index contributed by atoms with van der Waals surface area (Å²) in [4.78, 5) is 23.6. The van der Waals surface area contributed by atoms with Gasteiger partial charge >= 0.3 is 0 Å². The van der Waals surface area contributed by atoms with Crippen LogP contribution in [-0.2, 0) is 4.79 Å². The van der Waals surface area contributed by atoms with Crippen molar-refractivity contribution >= 4 is 29.2 Å². The van der Waals surface area contributed by atoms with Gasteiger partial charge in [-0.25, -0.2) is 0 Å². The SMILES string of the molecule is O=C(C=Cc1ccccc1)NC(=O)c1cccs1. The third kappa shape index (κ3) is 3.40. The fourth-order valence-electron chi connectivity index (χ4n) is 1.36. The maximum absolute atomic E-state index is 11.6. The molecule has 1 aromatic carbocycles. The van der Waals surface area contributed by atoms with Gasteiger partial charge in [-0.1, -0.05) is 36.4 Å². The minimum atomic E-state index is -0.419. The first-order valence-corrected chi connectivity index (χ1v) is 6.25. The predicted octanol–water partition coefficient (Wildman–Crippen LogP) is 2.72. The Bertz CT molecular complexity index is 559. The van der Waals surface area contributed by atoms with Gasteiger partial charge in [-0.2, -0.15) is 0 Å². The van der Waals surface area contributed by atoms with Crippen molar-refractivity contribution in [2.45, 2.75) is 0 Å². The molecule has 90 valence electrons. The molecule has 0 radical (unpaired) electrons. The average molecular weight is 257 g/mol. The minimum absolute atomic E-state index is 0.368. The van der Waals surface area contributed by atoms with Gasteiger partial charge in [-0.3, -0.25) is 14.9 Å². The minimum Gasteiger partial charge on any atom is -0.288 e. The zero-order valence-electron chi connectivity index (χ0n) is 9.50. The molecule has 0 fully saturated rings. The van der Waals surface area contributed by atoms with Crippen LogP contribution in [0.25, 0.3) is 6.08 Å². The summed E-state index contributed by atoms with van der Waals surface area (Å²) in [7, 11) is 0. The van der Waals surface area contributed by atoms with Crippen LogP contribution < -0.4 is 5.32 Å². The molecule has 0 bridgehead atoms. The van der Waals surface area contributed by atoms with E-state index in [1.165, 1.54) is 17.4 Å². The van der Waals surface area contributed by atoms with E-state index in [1.807, 2.05) is 30.3 Å². The summed E-state index contributed by atoms with van der Waals surface area (Å²) in [6, 6.07) is 12.9. The summed E-state index contributed by atoms with van der Waals surface area (Å²) in [6.45, 7) is 0. The van der Waals surface area contributed by atoms with Crippen molar-refractivity contribution in [3.05, 3.63) is 64.4 Å². The van der Waals surface area contributed by atoms with E-state index in [-0.39, 0.29) is 5.91 Å². The molecule has 0 saturated carbocycles. The fourth-order valence-corrected chi connectivity index (χ4v) is 1.98. The quantitative estimate of drug-likeness (QED) is 0.859. The molecule has 4 heteroatoms. The number of thiophene rings is 1. The molecule has 0 aliphatic carbocycles. The second kappa shape index (κ2) is 5.93. The second-order valence-electron chi connectivity index (χ2n) is 3.54. The summed E-state index contributed by atoms with van der Waals surface area (Å²) in [6.07, 6.45) is 3.01. The number of benzene rings is 1. The molecule has 1 heterocycles. The first-order valence-electron chi connectivity index (χ1n) is 5.37. The number of rotatable bonds is 3. The Morgan fingerprint density at radius 1 is 1.06 bits per heavy atom. The van der Waals surface area contributed by atoms with Crippen LogP contribution in [0, 0.1) is 0 Å². The summed E-state index contributed by atoms with van der Waals surface area (Å²) in [5.41, 5.74) is 0.913. The van der Waals surface area contributed by atoms with Crippen LogP contribution in [0.2, 0.25) is 0 Å². The zero-order valence-corrected chi connectivity index (χ0v) is 10.3. The standard InChI is InChI=1S/C14H11NO2S/c16-13(9-8-11-5-2-1-3-6-11)15-14(17)12-7-4-10-18-12/h1-10H,(H,15,16,17). The summed E-state index contributed by atoms with van der Waals surface area (Å²) >= 11 is 1.30. The lowest BCUT2D eigenvalue weighted by Crippen LogP contribution is -2.27. The normalized spacial score (nSPS) is 10.4.